The van der Waals surface area contributed by atoms with Crippen molar-refractivity contribution in [1.82, 2.24) is 4.57 Å². The lowest BCUT2D eigenvalue weighted by atomic mass is 10.2. The van der Waals surface area contributed by atoms with Crippen molar-refractivity contribution in [3.05, 3.63) is 46.9 Å². The van der Waals surface area contributed by atoms with Crippen LogP contribution in [0, 0.1) is 0 Å². The van der Waals surface area contributed by atoms with Gasteiger partial charge in [-0.15, -0.1) is 10.2 Å². The van der Waals surface area contributed by atoms with E-state index in [1.807, 2.05) is 30.3 Å². The zero-order valence-electron chi connectivity index (χ0n) is 16.3. The van der Waals surface area contributed by atoms with Crippen LogP contribution in [-0.2, 0) is 11.3 Å². The minimum absolute atomic E-state index is 0.0232. The first-order chi connectivity index (χ1) is 14.0. The van der Waals surface area contributed by atoms with Gasteiger partial charge in [0.05, 0.1) is 17.1 Å². The molecule has 8 heteroatoms. The first kappa shape index (κ1) is 20.9. The van der Waals surface area contributed by atoms with Crippen molar-refractivity contribution in [2.24, 2.45) is 10.2 Å². The summed E-state index contributed by atoms with van der Waals surface area (Å²) >= 11 is 3.36. The Hall–Kier alpha value is -2.87. The molecule has 0 aliphatic carbocycles. The van der Waals surface area contributed by atoms with Gasteiger partial charge in [-0.2, -0.15) is 0 Å². The van der Waals surface area contributed by atoms with Crippen LogP contribution < -0.4 is 9.47 Å². The maximum atomic E-state index is 12.1. The molecule has 1 N–H and O–H groups in total. The van der Waals surface area contributed by atoms with Crippen molar-refractivity contribution < 1.29 is 19.4 Å². The van der Waals surface area contributed by atoms with Crippen LogP contribution >= 0.6 is 15.9 Å². The summed E-state index contributed by atoms with van der Waals surface area (Å²) in [6, 6.07) is 12.7. The van der Waals surface area contributed by atoms with E-state index in [-0.39, 0.29) is 18.2 Å². The summed E-state index contributed by atoms with van der Waals surface area (Å²) in [5.41, 5.74) is 1.05. The predicted molar refractivity (Wildman–Crippen MR) is 114 cm³/mol. The number of unbranched alkanes of at least 4 members (excludes halogenated alkanes) is 1. The molecule has 0 saturated carbocycles. The molecule has 2 aromatic carbocycles. The molecule has 152 valence electrons. The highest BCUT2D eigenvalue weighted by Crippen LogP contribution is 2.40. The Morgan fingerprint density at radius 3 is 2.76 bits per heavy atom. The highest BCUT2D eigenvalue weighted by molar-refractivity contribution is 9.10. The van der Waals surface area contributed by atoms with E-state index >= 15 is 0 Å². The number of halogens is 1. The molecule has 0 saturated heterocycles. The maximum absolute atomic E-state index is 12.1. The van der Waals surface area contributed by atoms with Gasteiger partial charge < -0.3 is 19.1 Å². The molecule has 29 heavy (non-hydrogen) atoms. The second kappa shape index (κ2) is 9.56. The fourth-order valence-corrected chi connectivity index (χ4v) is 3.31. The molecule has 0 aliphatic rings. The van der Waals surface area contributed by atoms with Crippen LogP contribution in [0.2, 0.25) is 0 Å². The van der Waals surface area contributed by atoms with E-state index in [0.717, 1.165) is 22.8 Å². The number of amides is 1. The molecule has 0 fully saturated rings. The van der Waals surface area contributed by atoms with E-state index in [4.69, 9.17) is 9.47 Å². The molecule has 1 heterocycles. The number of para-hydroxylation sites is 1. The predicted octanol–water partition coefficient (Wildman–Crippen LogP) is 5.61. The topological polar surface area (TPSA) is 85.4 Å². The molecule has 1 aromatic heterocycles. The van der Waals surface area contributed by atoms with Crippen LogP contribution in [0.3, 0.4) is 0 Å². The quantitative estimate of drug-likeness (QED) is 0.443. The van der Waals surface area contributed by atoms with Crippen LogP contribution in [0.1, 0.15) is 19.8 Å². The Kier molecular flexibility index (Phi) is 6.87. The van der Waals surface area contributed by atoms with Gasteiger partial charge in [0.25, 0.3) is 0 Å². The van der Waals surface area contributed by atoms with E-state index in [1.165, 1.54) is 0 Å². The van der Waals surface area contributed by atoms with Gasteiger partial charge in [-0.3, -0.25) is 4.79 Å². The lowest BCUT2D eigenvalue weighted by molar-refractivity contribution is -0.120. The van der Waals surface area contributed by atoms with Crippen molar-refractivity contribution >= 4 is 38.4 Å². The number of aryl methyl sites for hydroxylation is 1. The normalized spacial score (nSPS) is 11.3. The first-order valence-electron chi connectivity index (χ1n) is 9.26. The molecule has 0 bridgehead atoms. The highest BCUT2D eigenvalue weighted by Gasteiger charge is 2.17. The number of azo groups is 1. The summed E-state index contributed by atoms with van der Waals surface area (Å²) in [4.78, 5) is 12.1. The number of carbonyl (C=O) groups excluding carboxylic acids is 1. The van der Waals surface area contributed by atoms with Gasteiger partial charge in [0.2, 0.25) is 5.88 Å². The number of nitrogens with zero attached hydrogens (tertiary/aromatic N) is 3. The van der Waals surface area contributed by atoms with Gasteiger partial charge in [-0.05, 0) is 52.7 Å². The van der Waals surface area contributed by atoms with Crippen molar-refractivity contribution in [1.29, 1.82) is 0 Å². The summed E-state index contributed by atoms with van der Waals surface area (Å²) in [6.45, 7) is 2.46. The summed E-state index contributed by atoms with van der Waals surface area (Å²) < 4.78 is 13.3. The van der Waals surface area contributed by atoms with Gasteiger partial charge in [-0.1, -0.05) is 25.5 Å². The fraction of sp³-hybridized carbons (Fsp3) is 0.286. The molecule has 0 atom stereocenters. The second-order valence-electron chi connectivity index (χ2n) is 6.37. The van der Waals surface area contributed by atoms with E-state index in [0.29, 0.717) is 23.4 Å². The summed E-state index contributed by atoms with van der Waals surface area (Å²) in [6.07, 6.45) is 1.88. The molecular formula is C21H22BrN3O4. The number of methoxy groups -OCH3 is 1. The average Bonchev–Trinajstić information content (AvgIpc) is 2.99. The Balaban J connectivity index is 1.85. The van der Waals surface area contributed by atoms with Crippen molar-refractivity contribution in [3.63, 3.8) is 0 Å². The Morgan fingerprint density at radius 1 is 1.24 bits per heavy atom. The standard InChI is InChI=1S/C21H22BrN3O4/c1-3-4-11-25-17-10-9-14(28-2)12-15(17)20(21(25)27)24-23-19(26)13-29-18-8-6-5-7-16(18)22/h5-10,12,27H,3-4,11,13H2,1-2H3. The van der Waals surface area contributed by atoms with Crippen LogP contribution in [0.15, 0.2) is 57.2 Å². The molecule has 0 unspecified atom stereocenters. The van der Waals surface area contributed by atoms with Gasteiger partial charge in [0.15, 0.2) is 12.3 Å². The van der Waals surface area contributed by atoms with Crippen LogP contribution in [0.25, 0.3) is 10.9 Å². The van der Waals surface area contributed by atoms with Gasteiger partial charge in [-0.25, -0.2) is 0 Å². The van der Waals surface area contributed by atoms with E-state index in [9.17, 15) is 9.90 Å². The number of carbonyl (C=O) groups is 1. The smallest absolute Gasteiger partial charge is 0.302 e. The number of aromatic hydroxyl groups is 1. The SMILES string of the molecule is CCCCn1c(O)c(N=NC(=O)COc2ccccc2Br)c2cc(OC)ccc21. The highest BCUT2D eigenvalue weighted by atomic mass is 79.9. The lowest BCUT2D eigenvalue weighted by Crippen LogP contribution is -2.08. The molecule has 3 aromatic rings. The zero-order valence-corrected chi connectivity index (χ0v) is 17.8. The minimum atomic E-state index is -0.558. The van der Waals surface area contributed by atoms with Crippen molar-refractivity contribution in [2.45, 2.75) is 26.3 Å². The van der Waals surface area contributed by atoms with Gasteiger partial charge >= 0.3 is 5.91 Å². The van der Waals surface area contributed by atoms with E-state index in [1.54, 1.807) is 23.8 Å². The average molecular weight is 460 g/mol. The molecule has 7 nitrogen and oxygen atoms in total. The molecular weight excluding hydrogens is 438 g/mol. The largest absolute Gasteiger partial charge is 0.497 e. The van der Waals surface area contributed by atoms with E-state index < -0.39 is 5.91 Å². The number of rotatable bonds is 8. The third-order valence-electron chi connectivity index (χ3n) is 4.40. The zero-order chi connectivity index (χ0) is 20.8. The number of fused-ring (bicyclic) bond motifs is 1. The molecule has 3 rings (SSSR count). The molecule has 0 aliphatic heterocycles. The second-order valence-corrected chi connectivity index (χ2v) is 7.23. The third kappa shape index (κ3) is 4.76. The van der Waals surface area contributed by atoms with Crippen molar-refractivity contribution in [3.8, 4) is 17.4 Å². The Morgan fingerprint density at radius 2 is 2.03 bits per heavy atom. The number of hydrogen-bond acceptors (Lipinski definition) is 5. The van der Waals surface area contributed by atoms with Gasteiger partial charge in [0.1, 0.15) is 11.5 Å². The van der Waals surface area contributed by atoms with Crippen LogP contribution in [0.5, 0.6) is 17.4 Å². The number of ether oxygens (including phenoxy) is 2. The molecule has 0 radical (unpaired) electrons. The lowest BCUT2D eigenvalue weighted by Gasteiger charge is -2.06. The summed E-state index contributed by atoms with van der Waals surface area (Å²) in [5, 5.41) is 19.1. The summed E-state index contributed by atoms with van der Waals surface area (Å²) in [7, 11) is 1.57. The maximum Gasteiger partial charge on any atom is 0.302 e. The summed E-state index contributed by atoms with van der Waals surface area (Å²) in [5.74, 6) is 0.590. The third-order valence-corrected chi connectivity index (χ3v) is 5.06. The van der Waals surface area contributed by atoms with Crippen molar-refractivity contribution in [2.75, 3.05) is 13.7 Å². The van der Waals surface area contributed by atoms with Crippen LogP contribution in [-0.4, -0.2) is 29.3 Å². The first-order valence-corrected chi connectivity index (χ1v) is 10.1. The van der Waals surface area contributed by atoms with Gasteiger partial charge in [0, 0.05) is 11.9 Å². The molecule has 0 spiro atoms. The Bertz CT molecular complexity index is 1050. The number of benzene rings is 2. The van der Waals surface area contributed by atoms with E-state index in [2.05, 4.69) is 33.1 Å². The minimum Gasteiger partial charge on any atom is -0.497 e. The number of hydrogen-bond donors (Lipinski definition) is 1. The number of aromatic nitrogens is 1. The monoisotopic (exact) mass is 459 g/mol. The van der Waals surface area contributed by atoms with Crippen LogP contribution in [0.4, 0.5) is 5.69 Å². The Labute approximate surface area is 177 Å². The molecule has 1 amide bonds. The fourth-order valence-electron chi connectivity index (χ4n) is 2.91.